The molecule has 1 heterocycles. The average Bonchev–Trinajstić information content (AvgIpc) is 2.61. The van der Waals surface area contributed by atoms with E-state index in [-0.39, 0.29) is 24.5 Å². The van der Waals surface area contributed by atoms with E-state index in [1.807, 2.05) is 56.4 Å². The van der Waals surface area contributed by atoms with E-state index in [2.05, 4.69) is 20.9 Å². The smallest absolute Gasteiger partial charge is 0.315 e. The van der Waals surface area contributed by atoms with Crippen molar-refractivity contribution in [3.8, 4) is 11.1 Å². The largest absolute Gasteiger partial charge is 0.355 e. The molecule has 0 unspecified atom stereocenters. The summed E-state index contributed by atoms with van der Waals surface area (Å²) in [7, 11) is 0. The molecule has 0 fully saturated rings. The summed E-state index contributed by atoms with van der Waals surface area (Å²) in [4.78, 5) is 27.2. The van der Waals surface area contributed by atoms with Crippen LogP contribution >= 0.6 is 0 Å². The van der Waals surface area contributed by atoms with Gasteiger partial charge in [0.2, 0.25) is 5.91 Å². The number of likely N-dealkylation sites (N-methyl/N-ethyl adjacent to an activating group) is 1. The third kappa shape index (κ3) is 5.08. The van der Waals surface area contributed by atoms with Crippen molar-refractivity contribution in [3.63, 3.8) is 0 Å². The highest BCUT2D eigenvalue weighted by molar-refractivity contribution is 5.84. The Morgan fingerprint density at radius 3 is 2.46 bits per heavy atom. The minimum atomic E-state index is -0.370. The molecule has 0 spiro atoms. The second kappa shape index (κ2) is 8.67. The Kier molecular flexibility index (Phi) is 6.31. The fraction of sp³-hybridized carbons (Fsp3) is 0.278. The van der Waals surface area contributed by atoms with Gasteiger partial charge in [0, 0.05) is 18.9 Å². The zero-order valence-corrected chi connectivity index (χ0v) is 13.9. The summed E-state index contributed by atoms with van der Waals surface area (Å²) < 4.78 is 0. The number of amides is 3. The van der Waals surface area contributed by atoms with Crippen LogP contribution in [0, 0.1) is 0 Å². The molecule has 3 amide bonds. The fourth-order valence-corrected chi connectivity index (χ4v) is 2.25. The molecule has 24 heavy (non-hydrogen) atoms. The quantitative estimate of drug-likeness (QED) is 0.761. The van der Waals surface area contributed by atoms with Gasteiger partial charge in [0.1, 0.15) is 0 Å². The summed E-state index contributed by atoms with van der Waals surface area (Å²) in [6.07, 6.45) is 3.55. The van der Waals surface area contributed by atoms with Crippen LogP contribution in [-0.2, 0) is 4.79 Å². The molecule has 0 saturated carbocycles. The number of hydrogen-bond acceptors (Lipinski definition) is 3. The van der Waals surface area contributed by atoms with Gasteiger partial charge in [-0.3, -0.25) is 9.78 Å². The Morgan fingerprint density at radius 1 is 1.08 bits per heavy atom. The van der Waals surface area contributed by atoms with Crippen LogP contribution in [0.5, 0.6) is 0 Å². The molecule has 0 aliphatic heterocycles. The predicted octanol–water partition coefficient (Wildman–Crippen LogP) is 2.24. The van der Waals surface area contributed by atoms with E-state index in [0.717, 1.165) is 16.7 Å². The van der Waals surface area contributed by atoms with E-state index in [0.29, 0.717) is 6.54 Å². The lowest BCUT2D eigenvalue weighted by Crippen LogP contribution is -2.42. The number of aromatic nitrogens is 1. The highest BCUT2D eigenvalue weighted by Crippen LogP contribution is 2.21. The minimum absolute atomic E-state index is 0.0354. The highest BCUT2D eigenvalue weighted by atomic mass is 16.2. The summed E-state index contributed by atoms with van der Waals surface area (Å²) in [5.41, 5.74) is 3.10. The standard InChI is InChI=1S/C18H22N4O2/c1-3-20-17(23)12-21-18(24)22-13(2)14-6-8-15(9-7-14)16-5-4-10-19-11-16/h4-11,13H,3,12H2,1-2H3,(H,20,23)(H2,21,22,24)/t13-/m0/s1. The second-order valence-corrected chi connectivity index (χ2v) is 5.37. The first kappa shape index (κ1) is 17.5. The molecule has 2 aromatic rings. The Hall–Kier alpha value is -2.89. The zero-order valence-electron chi connectivity index (χ0n) is 13.9. The van der Waals surface area contributed by atoms with Crippen molar-refractivity contribution in [3.05, 3.63) is 54.4 Å². The normalized spacial score (nSPS) is 11.4. The van der Waals surface area contributed by atoms with Crippen molar-refractivity contribution in [2.45, 2.75) is 19.9 Å². The van der Waals surface area contributed by atoms with Gasteiger partial charge in [0.25, 0.3) is 0 Å². The molecule has 1 aromatic heterocycles. The number of rotatable bonds is 6. The molecule has 1 atom stereocenters. The average molecular weight is 326 g/mol. The molecule has 6 heteroatoms. The monoisotopic (exact) mass is 326 g/mol. The number of nitrogens with zero attached hydrogens (tertiary/aromatic N) is 1. The van der Waals surface area contributed by atoms with Crippen molar-refractivity contribution in [2.24, 2.45) is 0 Å². The van der Waals surface area contributed by atoms with Crippen molar-refractivity contribution >= 4 is 11.9 Å². The van der Waals surface area contributed by atoms with Gasteiger partial charge < -0.3 is 16.0 Å². The lowest BCUT2D eigenvalue weighted by atomic mass is 10.0. The number of carbonyl (C=O) groups excluding carboxylic acids is 2. The van der Waals surface area contributed by atoms with Crippen LogP contribution < -0.4 is 16.0 Å². The van der Waals surface area contributed by atoms with E-state index in [1.54, 1.807) is 6.20 Å². The van der Waals surface area contributed by atoms with E-state index in [1.165, 1.54) is 0 Å². The molecule has 0 aliphatic carbocycles. The van der Waals surface area contributed by atoms with E-state index < -0.39 is 0 Å². The Labute approximate surface area is 141 Å². The van der Waals surface area contributed by atoms with E-state index in [4.69, 9.17) is 0 Å². The van der Waals surface area contributed by atoms with Gasteiger partial charge in [-0.1, -0.05) is 30.3 Å². The molecule has 126 valence electrons. The summed E-state index contributed by atoms with van der Waals surface area (Å²) in [5, 5.41) is 7.97. The lowest BCUT2D eigenvalue weighted by Gasteiger charge is -2.15. The maximum atomic E-state index is 11.8. The van der Waals surface area contributed by atoms with Gasteiger partial charge >= 0.3 is 6.03 Å². The number of carbonyl (C=O) groups is 2. The first-order chi connectivity index (χ1) is 11.6. The van der Waals surface area contributed by atoms with Crippen molar-refractivity contribution in [1.29, 1.82) is 0 Å². The van der Waals surface area contributed by atoms with Crippen LogP contribution in [0.3, 0.4) is 0 Å². The van der Waals surface area contributed by atoms with Gasteiger partial charge in [-0.2, -0.15) is 0 Å². The number of benzene rings is 1. The third-order valence-corrected chi connectivity index (χ3v) is 3.54. The van der Waals surface area contributed by atoms with Crippen LogP contribution in [0.4, 0.5) is 4.79 Å². The second-order valence-electron chi connectivity index (χ2n) is 5.37. The Bertz CT molecular complexity index is 671. The summed E-state index contributed by atoms with van der Waals surface area (Å²) in [6, 6.07) is 11.3. The third-order valence-electron chi connectivity index (χ3n) is 3.54. The lowest BCUT2D eigenvalue weighted by molar-refractivity contribution is -0.119. The molecular weight excluding hydrogens is 304 g/mol. The number of nitrogens with one attached hydrogen (secondary N) is 3. The van der Waals surface area contributed by atoms with Crippen molar-refractivity contribution in [1.82, 2.24) is 20.9 Å². The molecule has 1 aromatic carbocycles. The van der Waals surface area contributed by atoms with Crippen LogP contribution in [-0.4, -0.2) is 30.0 Å². The molecule has 3 N–H and O–H groups in total. The van der Waals surface area contributed by atoms with Gasteiger partial charge in [-0.05, 0) is 36.6 Å². The van der Waals surface area contributed by atoms with Crippen LogP contribution in [0.25, 0.3) is 11.1 Å². The van der Waals surface area contributed by atoms with Crippen molar-refractivity contribution in [2.75, 3.05) is 13.1 Å². The van der Waals surface area contributed by atoms with Gasteiger partial charge in [0.15, 0.2) is 0 Å². The maximum absolute atomic E-state index is 11.8. The Morgan fingerprint density at radius 2 is 1.83 bits per heavy atom. The minimum Gasteiger partial charge on any atom is -0.355 e. The van der Waals surface area contributed by atoms with Gasteiger partial charge in [-0.15, -0.1) is 0 Å². The first-order valence-electron chi connectivity index (χ1n) is 7.91. The number of pyridine rings is 1. The first-order valence-corrected chi connectivity index (χ1v) is 7.91. The summed E-state index contributed by atoms with van der Waals surface area (Å²) in [5.74, 6) is -0.207. The fourth-order valence-electron chi connectivity index (χ4n) is 2.25. The van der Waals surface area contributed by atoms with Gasteiger partial charge in [0.05, 0.1) is 12.6 Å². The molecular formula is C18H22N4O2. The maximum Gasteiger partial charge on any atom is 0.315 e. The molecule has 0 saturated heterocycles. The van der Waals surface area contributed by atoms with E-state index >= 15 is 0 Å². The SMILES string of the molecule is CCNC(=O)CNC(=O)N[C@@H](C)c1ccc(-c2cccnc2)cc1. The summed E-state index contributed by atoms with van der Waals surface area (Å²) in [6.45, 7) is 4.23. The molecule has 2 rings (SSSR count). The van der Waals surface area contributed by atoms with Crippen molar-refractivity contribution < 1.29 is 9.59 Å². The predicted molar refractivity (Wildman–Crippen MR) is 93.3 cm³/mol. The van der Waals surface area contributed by atoms with Crippen LogP contribution in [0.2, 0.25) is 0 Å². The van der Waals surface area contributed by atoms with E-state index in [9.17, 15) is 9.59 Å². The highest BCUT2D eigenvalue weighted by Gasteiger charge is 2.10. The molecule has 0 radical (unpaired) electrons. The molecule has 6 nitrogen and oxygen atoms in total. The molecule has 0 aliphatic rings. The van der Waals surface area contributed by atoms with Gasteiger partial charge in [-0.25, -0.2) is 4.79 Å². The topological polar surface area (TPSA) is 83.1 Å². The Balaban J connectivity index is 1.89. The number of hydrogen-bond donors (Lipinski definition) is 3. The van der Waals surface area contributed by atoms with Crippen LogP contribution in [0.15, 0.2) is 48.8 Å². The zero-order chi connectivity index (χ0) is 17.4. The number of urea groups is 1. The molecule has 0 bridgehead atoms. The van der Waals surface area contributed by atoms with Crippen LogP contribution in [0.1, 0.15) is 25.5 Å². The summed E-state index contributed by atoms with van der Waals surface area (Å²) >= 11 is 0.